The van der Waals surface area contributed by atoms with Gasteiger partial charge in [0.15, 0.2) is 5.84 Å². The van der Waals surface area contributed by atoms with Gasteiger partial charge in [0.1, 0.15) is 4.88 Å². The Morgan fingerprint density at radius 3 is 2.94 bits per heavy atom. The lowest BCUT2D eigenvalue weighted by Crippen LogP contribution is -2.32. The highest BCUT2D eigenvalue weighted by Crippen LogP contribution is 2.22. The van der Waals surface area contributed by atoms with E-state index in [1.807, 2.05) is 0 Å². The minimum absolute atomic E-state index is 0.415. The van der Waals surface area contributed by atoms with Crippen LogP contribution in [0.25, 0.3) is 0 Å². The molecular formula is C10H17N5S. The second-order valence-corrected chi connectivity index (χ2v) is 4.72. The molecule has 0 aliphatic heterocycles. The van der Waals surface area contributed by atoms with Gasteiger partial charge >= 0.3 is 0 Å². The van der Waals surface area contributed by atoms with Crippen LogP contribution in [0.4, 0.5) is 0 Å². The fourth-order valence-electron chi connectivity index (χ4n) is 2.00. The number of nitrogens with one attached hydrogen (secondary N) is 1. The molecule has 6 heteroatoms. The lowest BCUT2D eigenvalue weighted by molar-refractivity contribution is 0.701. The molecule has 1 heterocycles. The number of aromatic nitrogens is 2. The van der Waals surface area contributed by atoms with Crippen molar-refractivity contribution in [2.24, 2.45) is 10.8 Å². The lowest BCUT2D eigenvalue weighted by Gasteiger charge is -2.08. The topological polar surface area (TPSA) is 76.2 Å². The van der Waals surface area contributed by atoms with E-state index >= 15 is 0 Å². The molecule has 1 aromatic rings. The van der Waals surface area contributed by atoms with Crippen molar-refractivity contribution in [1.29, 1.82) is 0 Å². The maximum absolute atomic E-state index is 5.54. The van der Waals surface area contributed by atoms with Gasteiger partial charge in [0, 0.05) is 0 Å². The minimum atomic E-state index is 0.415. The highest BCUT2D eigenvalue weighted by molar-refractivity contribution is 7.08. The first kappa shape index (κ1) is 11.5. The zero-order valence-corrected chi connectivity index (χ0v) is 10.3. The summed E-state index contributed by atoms with van der Waals surface area (Å²) >= 11 is 1.36. The van der Waals surface area contributed by atoms with Crippen molar-refractivity contribution in [2.75, 3.05) is 0 Å². The molecule has 1 aliphatic carbocycles. The lowest BCUT2D eigenvalue weighted by atomic mass is 10.2. The van der Waals surface area contributed by atoms with Gasteiger partial charge in [-0.3, -0.25) is 4.99 Å². The monoisotopic (exact) mass is 239 g/mol. The molecule has 0 spiro atoms. The molecule has 0 saturated heterocycles. The van der Waals surface area contributed by atoms with E-state index in [9.17, 15) is 0 Å². The minimum Gasteiger partial charge on any atom is -0.307 e. The zero-order chi connectivity index (χ0) is 11.4. The van der Waals surface area contributed by atoms with E-state index in [-0.39, 0.29) is 0 Å². The highest BCUT2D eigenvalue weighted by atomic mass is 32.1. The fourth-order valence-corrected chi connectivity index (χ4v) is 2.71. The number of nitrogens with zero attached hydrogens (tertiary/aromatic N) is 3. The molecular weight excluding hydrogens is 222 g/mol. The number of hydrogen-bond donors (Lipinski definition) is 2. The number of aliphatic imine (C=N–C) groups is 1. The van der Waals surface area contributed by atoms with Crippen LogP contribution in [0.15, 0.2) is 4.99 Å². The van der Waals surface area contributed by atoms with E-state index in [1.165, 1.54) is 37.2 Å². The summed E-state index contributed by atoms with van der Waals surface area (Å²) in [6.07, 6.45) is 5.73. The third-order valence-corrected chi connectivity index (χ3v) is 3.65. The summed E-state index contributed by atoms with van der Waals surface area (Å²) in [5.41, 5.74) is 3.66. The Bertz CT molecular complexity index is 367. The molecule has 3 N–H and O–H groups in total. The van der Waals surface area contributed by atoms with Crippen LogP contribution in [0.2, 0.25) is 0 Å². The number of amidine groups is 1. The Morgan fingerprint density at radius 1 is 1.56 bits per heavy atom. The summed E-state index contributed by atoms with van der Waals surface area (Å²) in [6.45, 7) is 2.06. The van der Waals surface area contributed by atoms with E-state index < -0.39 is 0 Å². The normalized spacial score (nSPS) is 18.0. The van der Waals surface area contributed by atoms with Gasteiger partial charge in [0.2, 0.25) is 0 Å². The van der Waals surface area contributed by atoms with Crippen LogP contribution in [0.5, 0.6) is 0 Å². The number of hydrogen-bond acceptors (Lipinski definition) is 5. The average molecular weight is 239 g/mol. The van der Waals surface area contributed by atoms with Crippen molar-refractivity contribution >= 4 is 17.4 Å². The van der Waals surface area contributed by atoms with Crippen LogP contribution >= 0.6 is 11.5 Å². The number of rotatable bonds is 3. The quantitative estimate of drug-likeness (QED) is 0.360. The van der Waals surface area contributed by atoms with Gasteiger partial charge < -0.3 is 5.43 Å². The highest BCUT2D eigenvalue weighted by Gasteiger charge is 2.17. The third-order valence-electron chi connectivity index (χ3n) is 2.88. The van der Waals surface area contributed by atoms with Crippen molar-refractivity contribution < 1.29 is 0 Å². The van der Waals surface area contributed by atoms with Crippen molar-refractivity contribution in [1.82, 2.24) is 15.0 Å². The van der Waals surface area contributed by atoms with Gasteiger partial charge in [-0.15, -0.1) is 5.10 Å². The molecule has 1 saturated carbocycles. The summed E-state index contributed by atoms with van der Waals surface area (Å²) < 4.78 is 3.95. The van der Waals surface area contributed by atoms with E-state index in [0.717, 1.165) is 22.8 Å². The first-order chi connectivity index (χ1) is 7.85. The van der Waals surface area contributed by atoms with E-state index in [2.05, 4.69) is 26.9 Å². The Kier molecular flexibility index (Phi) is 3.84. The number of hydrazine groups is 1. The Labute approximate surface area is 99.3 Å². The molecule has 0 radical (unpaired) electrons. The molecule has 2 rings (SSSR count). The third kappa shape index (κ3) is 2.38. The first-order valence-corrected chi connectivity index (χ1v) is 6.48. The summed E-state index contributed by atoms with van der Waals surface area (Å²) in [5, 5.41) is 4.07. The van der Waals surface area contributed by atoms with Gasteiger partial charge in [-0.2, -0.15) is 0 Å². The van der Waals surface area contributed by atoms with Crippen LogP contribution in [0.1, 0.15) is 43.2 Å². The Balaban J connectivity index is 2.21. The first-order valence-electron chi connectivity index (χ1n) is 5.71. The van der Waals surface area contributed by atoms with Gasteiger partial charge in [0.05, 0.1) is 11.7 Å². The van der Waals surface area contributed by atoms with Gasteiger partial charge in [-0.25, -0.2) is 5.84 Å². The van der Waals surface area contributed by atoms with E-state index in [0.29, 0.717) is 6.04 Å². The summed E-state index contributed by atoms with van der Waals surface area (Å²) in [4.78, 5) is 5.64. The van der Waals surface area contributed by atoms with E-state index in [4.69, 9.17) is 5.84 Å². The van der Waals surface area contributed by atoms with Crippen LogP contribution in [-0.4, -0.2) is 21.5 Å². The molecule has 0 bridgehead atoms. The SMILES string of the molecule is CCc1nnsc1C(=NC1CCCC1)NN. The van der Waals surface area contributed by atoms with E-state index in [1.54, 1.807) is 0 Å². The summed E-state index contributed by atoms with van der Waals surface area (Å²) in [6, 6.07) is 0.415. The van der Waals surface area contributed by atoms with Crippen LogP contribution in [-0.2, 0) is 6.42 Å². The van der Waals surface area contributed by atoms with Gasteiger partial charge in [0.25, 0.3) is 0 Å². The van der Waals surface area contributed by atoms with Gasteiger partial charge in [-0.1, -0.05) is 24.3 Å². The second-order valence-electron chi connectivity index (χ2n) is 3.96. The second kappa shape index (κ2) is 5.36. The maximum Gasteiger partial charge on any atom is 0.156 e. The summed E-state index contributed by atoms with van der Waals surface area (Å²) in [7, 11) is 0. The molecule has 0 aromatic carbocycles. The summed E-state index contributed by atoms with van der Waals surface area (Å²) in [5.74, 6) is 6.28. The smallest absolute Gasteiger partial charge is 0.156 e. The molecule has 5 nitrogen and oxygen atoms in total. The molecule has 16 heavy (non-hydrogen) atoms. The van der Waals surface area contributed by atoms with Crippen molar-refractivity contribution in [3.63, 3.8) is 0 Å². The van der Waals surface area contributed by atoms with Crippen molar-refractivity contribution in [2.45, 2.75) is 45.1 Å². The predicted molar refractivity (Wildman–Crippen MR) is 65.4 cm³/mol. The van der Waals surface area contributed by atoms with Crippen molar-refractivity contribution in [3.05, 3.63) is 10.6 Å². The zero-order valence-electron chi connectivity index (χ0n) is 9.44. The largest absolute Gasteiger partial charge is 0.307 e. The van der Waals surface area contributed by atoms with Crippen LogP contribution in [0, 0.1) is 0 Å². The molecule has 1 aromatic heterocycles. The molecule has 88 valence electrons. The van der Waals surface area contributed by atoms with Crippen molar-refractivity contribution in [3.8, 4) is 0 Å². The van der Waals surface area contributed by atoms with Gasteiger partial charge in [-0.05, 0) is 30.8 Å². The Hall–Kier alpha value is -1.01. The molecule has 1 fully saturated rings. The maximum atomic E-state index is 5.54. The Morgan fingerprint density at radius 2 is 2.31 bits per heavy atom. The molecule has 0 unspecified atom stereocenters. The number of aryl methyl sites for hydroxylation is 1. The predicted octanol–water partition coefficient (Wildman–Crippen LogP) is 1.25. The average Bonchev–Trinajstić information content (AvgIpc) is 2.96. The molecule has 0 atom stereocenters. The number of nitrogens with two attached hydrogens (primary N) is 1. The van der Waals surface area contributed by atoms with Crippen LogP contribution in [0.3, 0.4) is 0 Å². The molecule has 0 amide bonds. The van der Waals surface area contributed by atoms with Crippen LogP contribution < -0.4 is 11.3 Å². The standard InChI is InChI=1S/C10H17N5S/c1-2-8-9(16-15-14-8)10(13-11)12-7-5-3-4-6-7/h7H,2-6,11H2,1H3,(H,12,13). The fraction of sp³-hybridized carbons (Fsp3) is 0.700. The molecule has 1 aliphatic rings.